The van der Waals surface area contributed by atoms with E-state index in [1.807, 2.05) is 0 Å². The fourth-order valence-electron chi connectivity index (χ4n) is 0.102. The summed E-state index contributed by atoms with van der Waals surface area (Å²) in [5.74, 6) is 0. The molecule has 5 heavy (non-hydrogen) atoms. The van der Waals surface area contributed by atoms with Crippen molar-refractivity contribution in [2.75, 3.05) is 13.2 Å². The lowest BCUT2D eigenvalue weighted by Crippen LogP contribution is -2.32. The Kier molecular flexibility index (Phi) is 2.84. The Hall–Kier alpha value is 0.400. The minimum Gasteiger partial charge on any atom is -0.300 e. The zero-order chi connectivity index (χ0) is 2.83. The van der Waals surface area contributed by atoms with Crippen molar-refractivity contribution < 1.29 is 4.84 Å². The van der Waals surface area contributed by atoms with Gasteiger partial charge in [-0.1, -0.05) is 0 Å². The molecule has 0 aliphatic carbocycles. The summed E-state index contributed by atoms with van der Waals surface area (Å²) in [6.07, 6.45) is 0. The Balaban J connectivity index is 0.000000160. The molecule has 0 unspecified atom stereocenters. The highest BCUT2D eigenvalue weighted by Crippen LogP contribution is 1.73. The maximum Gasteiger partial charge on any atom is 0.0830 e. The van der Waals surface area contributed by atoms with Crippen LogP contribution in [0, 0.1) is 0 Å². The van der Waals surface area contributed by atoms with Crippen molar-refractivity contribution in [3.8, 4) is 0 Å². The van der Waals surface area contributed by atoms with Crippen LogP contribution in [0.25, 0.3) is 0 Å². The van der Waals surface area contributed by atoms with Gasteiger partial charge in [0.1, 0.15) is 0 Å². The summed E-state index contributed by atoms with van der Waals surface area (Å²) in [6, 6.07) is 0. The lowest BCUT2D eigenvalue weighted by Gasteiger charge is -2.10. The fourth-order valence-corrected chi connectivity index (χ4v) is 0.102. The average Bonchev–Trinajstić information content (AvgIpc) is 0.722. The molecular weight excluding hydrogens is 134 g/mol. The van der Waals surface area contributed by atoms with Gasteiger partial charge in [-0.25, -0.2) is 5.48 Å². The highest BCUT2D eigenvalue weighted by atomic mass is 79.9. The summed E-state index contributed by atoms with van der Waals surface area (Å²) >= 11 is 0. The second-order valence-corrected chi connectivity index (χ2v) is 0.743. The summed E-state index contributed by atoms with van der Waals surface area (Å²) in [5, 5.41) is 0. The first-order valence-corrected chi connectivity index (χ1v) is 1.35. The van der Waals surface area contributed by atoms with Gasteiger partial charge >= 0.3 is 0 Å². The van der Waals surface area contributed by atoms with Gasteiger partial charge in [-0.3, -0.25) is 0 Å². The van der Waals surface area contributed by atoms with Gasteiger partial charge in [0, 0.05) is 6.54 Å². The van der Waals surface area contributed by atoms with E-state index in [1.165, 1.54) is 0 Å². The van der Waals surface area contributed by atoms with E-state index in [9.17, 15) is 0 Å². The summed E-state index contributed by atoms with van der Waals surface area (Å²) in [6.45, 7) is 1.92. The lowest BCUT2D eigenvalue weighted by atomic mass is 10.7. The SMILES string of the molecule is Br.C1CON1. The number of hydrogen-bond acceptors (Lipinski definition) is 2. The summed E-state index contributed by atoms with van der Waals surface area (Å²) in [5.41, 5.74) is 2.61. The van der Waals surface area contributed by atoms with Gasteiger partial charge in [-0.15, -0.1) is 17.0 Å². The Labute approximate surface area is 41.2 Å². The van der Waals surface area contributed by atoms with Crippen molar-refractivity contribution in [2.24, 2.45) is 0 Å². The van der Waals surface area contributed by atoms with Gasteiger partial charge in [0.15, 0.2) is 0 Å². The molecule has 1 fully saturated rings. The van der Waals surface area contributed by atoms with Gasteiger partial charge in [0.2, 0.25) is 0 Å². The summed E-state index contributed by atoms with van der Waals surface area (Å²) < 4.78 is 0. The predicted molar refractivity (Wildman–Crippen MR) is 24.3 cm³/mol. The number of hydrogen-bond donors (Lipinski definition) is 1. The molecule has 1 aliphatic rings. The van der Waals surface area contributed by atoms with Gasteiger partial charge in [-0.2, -0.15) is 0 Å². The van der Waals surface area contributed by atoms with Crippen LogP contribution >= 0.6 is 17.0 Å². The zero-order valence-corrected chi connectivity index (χ0v) is 4.44. The van der Waals surface area contributed by atoms with E-state index in [0.29, 0.717) is 0 Å². The third-order valence-electron chi connectivity index (χ3n) is 0.408. The van der Waals surface area contributed by atoms with Crippen molar-refractivity contribution in [1.82, 2.24) is 5.48 Å². The third-order valence-corrected chi connectivity index (χ3v) is 0.408. The lowest BCUT2D eigenvalue weighted by molar-refractivity contribution is -0.0478. The molecule has 1 N–H and O–H groups in total. The first-order chi connectivity index (χ1) is 2.00. The molecule has 0 aromatic heterocycles. The van der Waals surface area contributed by atoms with Crippen LogP contribution in [0.2, 0.25) is 0 Å². The Morgan fingerprint density at radius 2 is 1.80 bits per heavy atom. The van der Waals surface area contributed by atoms with Gasteiger partial charge in [0.05, 0.1) is 6.61 Å². The molecule has 32 valence electrons. The monoisotopic (exact) mass is 139 g/mol. The van der Waals surface area contributed by atoms with E-state index in [0.717, 1.165) is 13.2 Å². The van der Waals surface area contributed by atoms with E-state index in [-0.39, 0.29) is 17.0 Å². The largest absolute Gasteiger partial charge is 0.300 e. The molecule has 0 aromatic carbocycles. The third kappa shape index (κ3) is 1.31. The summed E-state index contributed by atoms with van der Waals surface area (Å²) in [7, 11) is 0. The molecule has 1 aliphatic heterocycles. The molecule has 2 nitrogen and oxygen atoms in total. The van der Waals surface area contributed by atoms with Crippen LogP contribution in [0.4, 0.5) is 0 Å². The molecule has 1 heterocycles. The molecule has 0 amide bonds. The van der Waals surface area contributed by atoms with Gasteiger partial charge in [0.25, 0.3) is 0 Å². The van der Waals surface area contributed by atoms with Gasteiger partial charge < -0.3 is 4.84 Å². The van der Waals surface area contributed by atoms with Crippen LogP contribution in [-0.4, -0.2) is 13.2 Å². The van der Waals surface area contributed by atoms with Gasteiger partial charge in [-0.05, 0) is 0 Å². The Bertz CT molecular complexity index is 17.6. The van der Waals surface area contributed by atoms with E-state index in [2.05, 4.69) is 10.3 Å². The molecule has 0 aromatic rings. The molecule has 1 rings (SSSR count). The fraction of sp³-hybridized carbons (Fsp3) is 1.00. The Morgan fingerprint density at radius 1 is 1.60 bits per heavy atom. The van der Waals surface area contributed by atoms with Crippen molar-refractivity contribution in [2.45, 2.75) is 0 Å². The van der Waals surface area contributed by atoms with Crippen LogP contribution < -0.4 is 5.48 Å². The smallest absolute Gasteiger partial charge is 0.0830 e. The average molecular weight is 140 g/mol. The normalized spacial score (nSPS) is 19.2. The van der Waals surface area contributed by atoms with Crippen LogP contribution in [0.5, 0.6) is 0 Å². The van der Waals surface area contributed by atoms with Crippen LogP contribution in [-0.2, 0) is 4.84 Å². The maximum absolute atomic E-state index is 4.47. The van der Waals surface area contributed by atoms with Crippen LogP contribution in [0.3, 0.4) is 0 Å². The van der Waals surface area contributed by atoms with Crippen molar-refractivity contribution in [3.63, 3.8) is 0 Å². The number of nitrogens with one attached hydrogen (secondary N) is 1. The highest BCUT2D eigenvalue weighted by molar-refractivity contribution is 8.93. The van der Waals surface area contributed by atoms with Crippen molar-refractivity contribution in [3.05, 3.63) is 0 Å². The number of halogens is 1. The second kappa shape index (κ2) is 2.63. The minimum absolute atomic E-state index is 0. The minimum atomic E-state index is 0. The van der Waals surface area contributed by atoms with Crippen molar-refractivity contribution in [1.29, 1.82) is 0 Å². The molecule has 3 heteroatoms. The number of rotatable bonds is 0. The van der Waals surface area contributed by atoms with Crippen LogP contribution in [0.15, 0.2) is 0 Å². The molecule has 0 spiro atoms. The molecule has 1 saturated heterocycles. The maximum atomic E-state index is 4.47. The molecular formula is C2H6BrNO. The van der Waals surface area contributed by atoms with E-state index in [4.69, 9.17) is 0 Å². The zero-order valence-electron chi connectivity index (χ0n) is 2.73. The quantitative estimate of drug-likeness (QED) is 0.515. The van der Waals surface area contributed by atoms with E-state index >= 15 is 0 Å². The van der Waals surface area contributed by atoms with E-state index < -0.39 is 0 Å². The molecule has 0 radical (unpaired) electrons. The standard InChI is InChI=1S/C2H5NO.BrH/c1-2-4-3-1;/h3H,1-2H2;1H. The molecule has 0 saturated carbocycles. The molecule has 0 bridgehead atoms. The van der Waals surface area contributed by atoms with E-state index in [1.54, 1.807) is 0 Å². The Morgan fingerprint density at radius 3 is 1.80 bits per heavy atom. The highest BCUT2D eigenvalue weighted by Gasteiger charge is 1.92. The second-order valence-electron chi connectivity index (χ2n) is 0.743. The first kappa shape index (κ1) is 5.40. The van der Waals surface area contributed by atoms with Crippen molar-refractivity contribution >= 4 is 17.0 Å². The first-order valence-electron chi connectivity index (χ1n) is 1.35. The summed E-state index contributed by atoms with van der Waals surface area (Å²) in [4.78, 5) is 4.47. The van der Waals surface area contributed by atoms with Crippen LogP contribution in [0.1, 0.15) is 0 Å². The molecule has 0 atom stereocenters. The topological polar surface area (TPSA) is 21.3 Å². The predicted octanol–water partition coefficient (Wildman–Crippen LogP) is 0.0991. The number of hydroxylamine groups is 1.